The highest BCUT2D eigenvalue weighted by Gasteiger charge is 2.27. The van der Waals surface area contributed by atoms with Crippen LogP contribution in [0.3, 0.4) is 0 Å². The van der Waals surface area contributed by atoms with Gasteiger partial charge in [-0.25, -0.2) is 14.3 Å². The minimum absolute atomic E-state index is 0.0697. The third kappa shape index (κ3) is 3.73. The first-order chi connectivity index (χ1) is 16.7. The highest BCUT2D eigenvalue weighted by atomic mass is 16.5. The molecule has 0 aliphatic carbocycles. The maximum Gasteiger partial charge on any atom is 0.342 e. The Morgan fingerprint density at radius 2 is 1.50 bits per heavy atom. The van der Waals surface area contributed by atoms with E-state index in [0.29, 0.717) is 22.2 Å². The van der Waals surface area contributed by atoms with Crippen molar-refractivity contribution < 1.29 is 9.53 Å². The molecule has 2 heterocycles. The van der Waals surface area contributed by atoms with E-state index < -0.39 is 5.97 Å². The maximum absolute atomic E-state index is 13.4. The Labute approximate surface area is 195 Å². The Balaban J connectivity index is 1.88. The fourth-order valence-electron chi connectivity index (χ4n) is 3.90. The van der Waals surface area contributed by atoms with Crippen LogP contribution in [-0.2, 0) is 4.74 Å². The molecule has 166 valence electrons. The van der Waals surface area contributed by atoms with Crippen molar-refractivity contribution in [1.29, 1.82) is 0 Å². The van der Waals surface area contributed by atoms with Crippen LogP contribution in [0.1, 0.15) is 17.3 Å². The average Bonchev–Trinajstić information content (AvgIpc) is 2.89. The number of rotatable bonds is 5. The van der Waals surface area contributed by atoms with E-state index in [9.17, 15) is 9.59 Å². The molecule has 0 atom stereocenters. The Bertz CT molecular complexity index is 1550. The number of carbonyl (C=O) groups excluding carboxylic acids is 1. The molecule has 0 bridgehead atoms. The molecule has 3 aromatic carbocycles. The molecule has 0 radical (unpaired) electrons. The van der Waals surface area contributed by atoms with Crippen molar-refractivity contribution >= 4 is 16.9 Å². The molecule has 0 aliphatic heterocycles. The minimum Gasteiger partial charge on any atom is -0.462 e. The average molecular weight is 448 g/mol. The van der Waals surface area contributed by atoms with Crippen molar-refractivity contribution in [2.75, 3.05) is 6.61 Å². The number of esters is 1. The first-order valence-electron chi connectivity index (χ1n) is 10.8. The summed E-state index contributed by atoms with van der Waals surface area (Å²) in [7, 11) is 0. The summed E-state index contributed by atoms with van der Waals surface area (Å²) in [5, 5.41) is 9.25. The van der Waals surface area contributed by atoms with Gasteiger partial charge in [-0.3, -0.25) is 4.79 Å². The molecular weight excluding hydrogens is 428 g/mol. The molecule has 34 heavy (non-hydrogen) atoms. The number of hydrogen-bond acceptors (Lipinski definition) is 6. The van der Waals surface area contributed by atoms with Crippen LogP contribution in [0, 0.1) is 0 Å². The molecule has 0 saturated carbocycles. The molecular formula is C27H20N4O3. The predicted molar refractivity (Wildman–Crippen MR) is 130 cm³/mol. The highest BCUT2D eigenvalue weighted by molar-refractivity contribution is 6.04. The second-order valence-corrected chi connectivity index (χ2v) is 7.51. The number of fused-ring (bicyclic) bond motifs is 1. The summed E-state index contributed by atoms with van der Waals surface area (Å²) in [6, 6.07) is 25.9. The van der Waals surface area contributed by atoms with Crippen LogP contribution >= 0.6 is 0 Å². The molecule has 7 nitrogen and oxygen atoms in total. The van der Waals surface area contributed by atoms with E-state index in [1.807, 2.05) is 66.7 Å². The number of ether oxygens (including phenoxy) is 1. The van der Waals surface area contributed by atoms with Crippen LogP contribution < -0.4 is 5.56 Å². The number of benzene rings is 3. The number of aromatic nitrogens is 4. The summed E-state index contributed by atoms with van der Waals surface area (Å²) < 4.78 is 6.68. The summed E-state index contributed by atoms with van der Waals surface area (Å²) in [5.41, 5.74) is 2.95. The molecule has 5 rings (SSSR count). The maximum atomic E-state index is 13.4. The van der Waals surface area contributed by atoms with E-state index in [1.165, 1.54) is 10.9 Å². The third-order valence-corrected chi connectivity index (χ3v) is 5.44. The second-order valence-electron chi connectivity index (χ2n) is 7.51. The first-order valence-corrected chi connectivity index (χ1v) is 10.8. The molecule has 0 saturated heterocycles. The SMILES string of the molecule is CCOC(=O)c1c(-n2cnc3ccccc3c2=O)nnc(-c2ccccc2)c1-c1ccccc1. The van der Waals surface area contributed by atoms with Crippen LogP contribution in [0.2, 0.25) is 0 Å². The van der Waals surface area contributed by atoms with Crippen molar-refractivity contribution in [3.8, 4) is 28.2 Å². The van der Waals surface area contributed by atoms with E-state index in [2.05, 4.69) is 15.2 Å². The van der Waals surface area contributed by atoms with Gasteiger partial charge in [-0.15, -0.1) is 10.2 Å². The van der Waals surface area contributed by atoms with Gasteiger partial charge in [0, 0.05) is 11.1 Å². The van der Waals surface area contributed by atoms with Crippen LogP contribution in [0.15, 0.2) is 96.1 Å². The van der Waals surface area contributed by atoms with Gasteiger partial charge in [-0.1, -0.05) is 72.8 Å². The van der Waals surface area contributed by atoms with Crippen LogP contribution in [0.5, 0.6) is 0 Å². The number of para-hydroxylation sites is 1. The molecule has 0 N–H and O–H groups in total. The van der Waals surface area contributed by atoms with E-state index in [1.54, 1.807) is 25.1 Å². The molecule has 0 unspecified atom stereocenters. The lowest BCUT2D eigenvalue weighted by Crippen LogP contribution is -2.24. The second kappa shape index (κ2) is 9.07. The summed E-state index contributed by atoms with van der Waals surface area (Å²) in [6.07, 6.45) is 1.37. The van der Waals surface area contributed by atoms with E-state index in [0.717, 1.165) is 11.1 Å². The number of carbonyl (C=O) groups is 1. The Morgan fingerprint density at radius 1 is 0.853 bits per heavy atom. The molecule has 2 aromatic heterocycles. The standard InChI is InChI=1S/C27H20N4O3/c1-2-34-27(33)23-22(18-11-5-3-6-12-18)24(19-13-7-4-8-14-19)29-30-25(23)31-17-28-21-16-10-9-15-20(21)26(31)32/h3-17H,2H2,1H3. The lowest BCUT2D eigenvalue weighted by atomic mass is 9.95. The number of nitrogens with zero attached hydrogens (tertiary/aromatic N) is 4. The lowest BCUT2D eigenvalue weighted by molar-refractivity contribution is 0.0526. The third-order valence-electron chi connectivity index (χ3n) is 5.44. The van der Waals surface area contributed by atoms with Gasteiger partial charge in [0.1, 0.15) is 17.6 Å². The smallest absolute Gasteiger partial charge is 0.342 e. The minimum atomic E-state index is -0.594. The Morgan fingerprint density at radius 3 is 2.21 bits per heavy atom. The Hall–Kier alpha value is -4.65. The monoisotopic (exact) mass is 448 g/mol. The lowest BCUT2D eigenvalue weighted by Gasteiger charge is -2.17. The first kappa shape index (κ1) is 21.2. The number of hydrogen-bond donors (Lipinski definition) is 0. The van der Waals surface area contributed by atoms with E-state index in [-0.39, 0.29) is 23.5 Å². The molecule has 5 aromatic rings. The fraction of sp³-hybridized carbons (Fsp3) is 0.0741. The van der Waals surface area contributed by atoms with Gasteiger partial charge in [0.05, 0.1) is 17.5 Å². The van der Waals surface area contributed by atoms with Crippen LogP contribution in [0.25, 0.3) is 39.1 Å². The van der Waals surface area contributed by atoms with Gasteiger partial charge in [-0.05, 0) is 24.6 Å². The van der Waals surface area contributed by atoms with E-state index >= 15 is 0 Å². The van der Waals surface area contributed by atoms with Crippen molar-refractivity contribution in [3.05, 3.63) is 107 Å². The summed E-state index contributed by atoms with van der Waals surface area (Å²) in [5.74, 6) is -0.524. The van der Waals surface area contributed by atoms with Crippen molar-refractivity contribution in [1.82, 2.24) is 19.7 Å². The van der Waals surface area contributed by atoms with Crippen LogP contribution in [-0.4, -0.2) is 32.3 Å². The van der Waals surface area contributed by atoms with E-state index in [4.69, 9.17) is 4.74 Å². The van der Waals surface area contributed by atoms with Gasteiger partial charge < -0.3 is 4.74 Å². The molecule has 7 heteroatoms. The normalized spacial score (nSPS) is 10.9. The Kier molecular flexibility index (Phi) is 5.66. The summed E-state index contributed by atoms with van der Waals surface area (Å²) in [6.45, 7) is 1.90. The van der Waals surface area contributed by atoms with Crippen molar-refractivity contribution in [2.24, 2.45) is 0 Å². The summed E-state index contributed by atoms with van der Waals surface area (Å²) in [4.78, 5) is 31.1. The molecule has 0 aliphatic rings. The van der Waals surface area contributed by atoms with Crippen molar-refractivity contribution in [3.63, 3.8) is 0 Å². The zero-order chi connectivity index (χ0) is 23.5. The molecule has 0 amide bonds. The zero-order valence-electron chi connectivity index (χ0n) is 18.4. The van der Waals surface area contributed by atoms with Crippen molar-refractivity contribution in [2.45, 2.75) is 6.92 Å². The van der Waals surface area contributed by atoms with Gasteiger partial charge in [0.25, 0.3) is 5.56 Å². The topological polar surface area (TPSA) is 87.0 Å². The van der Waals surface area contributed by atoms with Crippen LogP contribution in [0.4, 0.5) is 0 Å². The largest absolute Gasteiger partial charge is 0.462 e. The predicted octanol–water partition coefficient (Wildman–Crippen LogP) is 4.69. The molecule has 0 spiro atoms. The van der Waals surface area contributed by atoms with Gasteiger partial charge in [0.15, 0.2) is 5.82 Å². The van der Waals surface area contributed by atoms with Gasteiger partial charge >= 0.3 is 5.97 Å². The quantitative estimate of drug-likeness (QED) is 0.363. The zero-order valence-corrected chi connectivity index (χ0v) is 18.4. The molecule has 0 fully saturated rings. The van der Waals surface area contributed by atoms with Gasteiger partial charge in [0.2, 0.25) is 0 Å². The van der Waals surface area contributed by atoms with Gasteiger partial charge in [-0.2, -0.15) is 0 Å². The summed E-state index contributed by atoms with van der Waals surface area (Å²) >= 11 is 0. The highest BCUT2D eigenvalue weighted by Crippen LogP contribution is 2.35. The fourth-order valence-corrected chi connectivity index (χ4v) is 3.90.